The van der Waals surface area contributed by atoms with Crippen LogP contribution in [0.4, 0.5) is 30.7 Å². The van der Waals surface area contributed by atoms with E-state index in [0.29, 0.717) is 22.6 Å². The first-order chi connectivity index (χ1) is 30.6. The van der Waals surface area contributed by atoms with Crippen molar-refractivity contribution in [1.82, 2.24) is 9.80 Å². The minimum atomic E-state index is -4.58. The summed E-state index contributed by atoms with van der Waals surface area (Å²) in [6.45, 7) is 19.4. The highest BCUT2D eigenvalue weighted by atomic mass is 35.5. The van der Waals surface area contributed by atoms with Crippen molar-refractivity contribution in [2.24, 2.45) is 22.7 Å². The average molecular weight is 966 g/mol. The van der Waals surface area contributed by atoms with Crippen LogP contribution in [-0.4, -0.2) is 58.1 Å². The van der Waals surface area contributed by atoms with Gasteiger partial charge in [0.05, 0.1) is 5.56 Å². The summed E-state index contributed by atoms with van der Waals surface area (Å²) in [6, 6.07) is 10.1. The Kier molecular flexibility index (Phi) is 15.9. The van der Waals surface area contributed by atoms with Crippen molar-refractivity contribution in [3.63, 3.8) is 0 Å². The molecular weight excluding hydrogens is 897 g/mol. The number of allylic oxidation sites excluding steroid dienone is 2. The van der Waals surface area contributed by atoms with Gasteiger partial charge < -0.3 is 9.80 Å². The molecular formula is C53H68ClF7N2O4. The van der Waals surface area contributed by atoms with Gasteiger partial charge in [-0.25, -0.2) is 17.6 Å². The number of aryl methyl sites for hydroxylation is 2. The largest absolute Gasteiger partial charge is 0.416 e. The molecule has 0 aromatic heterocycles. The third kappa shape index (κ3) is 13.6. The number of alkyl halides is 7. The van der Waals surface area contributed by atoms with Gasteiger partial charge in [0.2, 0.25) is 23.7 Å². The predicted molar refractivity (Wildman–Crippen MR) is 248 cm³/mol. The van der Waals surface area contributed by atoms with E-state index >= 15 is 0 Å². The summed E-state index contributed by atoms with van der Waals surface area (Å²) in [5.74, 6) is -6.88. The van der Waals surface area contributed by atoms with Gasteiger partial charge in [0.15, 0.2) is 0 Å². The number of ketones is 2. The molecule has 2 aromatic rings. The number of hydrogen-bond acceptors (Lipinski definition) is 4. The standard InChI is InChI=1S/C27H34F5NO2.C26H34ClF2NO2/c1-17(34)9-11-33-16-22(19-13-26(28,29)14-19)25(5,15-23(33)35)20-7-6-18(8-10-24(2,3)4)21(12-20)27(30,31)32;1-17(31)9-11-30-16-21(19-13-26(28,29)14-19)25(5,15-23(30)32)20-7-6-18(22(27)12-20)8-10-24(2,3)4/h6-7,12,16,19H,8-11,13-15H2,1-5H3;6-7,12,16,19H,8-11,13-15H2,1-5H3/t2*25-/m00/s1. The van der Waals surface area contributed by atoms with E-state index in [2.05, 4.69) is 20.8 Å². The summed E-state index contributed by atoms with van der Waals surface area (Å²) in [5.41, 5.74) is 1.25. The zero-order chi connectivity index (χ0) is 50.3. The van der Waals surface area contributed by atoms with Crippen molar-refractivity contribution in [2.75, 3.05) is 13.1 Å². The second kappa shape index (κ2) is 19.8. The van der Waals surface area contributed by atoms with Gasteiger partial charge in [0.1, 0.15) is 11.6 Å². The highest BCUT2D eigenvalue weighted by molar-refractivity contribution is 6.31. The molecule has 2 atom stereocenters. The maximum absolute atomic E-state index is 14.1. The Morgan fingerprint density at radius 3 is 1.36 bits per heavy atom. The smallest absolute Gasteiger partial charge is 0.319 e. The van der Waals surface area contributed by atoms with Crippen LogP contribution >= 0.6 is 11.6 Å². The van der Waals surface area contributed by atoms with Crippen LogP contribution in [0.1, 0.15) is 161 Å². The van der Waals surface area contributed by atoms with Gasteiger partial charge in [-0.3, -0.25) is 19.2 Å². The van der Waals surface area contributed by atoms with E-state index in [0.717, 1.165) is 35.6 Å². The maximum atomic E-state index is 14.1. The number of halogens is 8. The molecule has 0 unspecified atom stereocenters. The lowest BCUT2D eigenvalue weighted by Crippen LogP contribution is -2.47. The fraction of sp³-hybridized carbons (Fsp3) is 0.623. The molecule has 2 saturated carbocycles. The third-order valence-corrected chi connectivity index (χ3v) is 14.4. The second-order valence-electron chi connectivity index (χ2n) is 22.5. The van der Waals surface area contributed by atoms with Crippen LogP contribution in [-0.2, 0) is 49.0 Å². The van der Waals surface area contributed by atoms with E-state index in [1.54, 1.807) is 19.2 Å². The number of carbonyl (C=O) groups excluding carboxylic acids is 4. The molecule has 2 aliphatic heterocycles. The summed E-state index contributed by atoms with van der Waals surface area (Å²) in [5, 5.41) is 0.651. The Morgan fingerprint density at radius 2 is 1.01 bits per heavy atom. The summed E-state index contributed by atoms with van der Waals surface area (Å²) >= 11 is 6.64. The first-order valence-electron chi connectivity index (χ1n) is 23.4. The van der Waals surface area contributed by atoms with Gasteiger partial charge >= 0.3 is 6.18 Å². The van der Waals surface area contributed by atoms with Gasteiger partial charge in [-0.05, 0) is 108 Å². The Labute approximate surface area is 397 Å². The molecule has 370 valence electrons. The fourth-order valence-electron chi connectivity index (χ4n) is 9.64. The first-order valence-corrected chi connectivity index (χ1v) is 23.8. The maximum Gasteiger partial charge on any atom is 0.416 e. The van der Waals surface area contributed by atoms with Crippen LogP contribution in [0.25, 0.3) is 0 Å². The predicted octanol–water partition coefficient (Wildman–Crippen LogP) is 13.8. The second-order valence-corrected chi connectivity index (χ2v) is 22.9. The number of benzene rings is 2. The molecule has 0 spiro atoms. The van der Waals surface area contributed by atoms with Gasteiger partial charge in [-0.2, -0.15) is 13.2 Å². The van der Waals surface area contributed by atoms with Crippen molar-refractivity contribution >= 4 is 35.0 Å². The molecule has 0 N–H and O–H groups in total. The molecule has 2 heterocycles. The summed E-state index contributed by atoms with van der Waals surface area (Å²) in [6.07, 6.45) is 0.514. The number of hydrogen-bond donors (Lipinski definition) is 0. The number of amides is 2. The molecule has 0 bridgehead atoms. The molecule has 0 radical (unpaired) electrons. The van der Waals surface area contributed by atoms with E-state index in [9.17, 15) is 49.9 Å². The Bertz CT molecular complexity index is 2260. The topological polar surface area (TPSA) is 74.8 Å². The van der Waals surface area contributed by atoms with Gasteiger partial charge in [0, 0.05) is 92.7 Å². The molecule has 2 aliphatic carbocycles. The minimum Gasteiger partial charge on any atom is -0.319 e. The fourth-order valence-corrected chi connectivity index (χ4v) is 9.91. The summed E-state index contributed by atoms with van der Waals surface area (Å²) in [4.78, 5) is 51.7. The van der Waals surface area contributed by atoms with Crippen molar-refractivity contribution in [3.8, 4) is 0 Å². The summed E-state index contributed by atoms with van der Waals surface area (Å²) in [7, 11) is 0. The van der Waals surface area contributed by atoms with Crippen LogP contribution in [0.5, 0.6) is 0 Å². The molecule has 4 aliphatic rings. The van der Waals surface area contributed by atoms with Gasteiger partial charge in [-0.15, -0.1) is 0 Å². The molecule has 0 saturated heterocycles. The SMILES string of the molecule is CC(=O)CCN1C=C(C2CC(F)(F)C2)[C@](C)(c2ccc(CCC(C)(C)C)c(C(F)(F)F)c2)CC1=O.CC(=O)CCN1C=C(C2CC(F)(F)C2)[C@](C)(c2ccc(CCC(C)(C)C)c(Cl)c2)CC1=O. The van der Waals surface area contributed by atoms with E-state index in [1.165, 1.54) is 35.9 Å². The molecule has 6 rings (SSSR count). The van der Waals surface area contributed by atoms with Crippen molar-refractivity contribution < 1.29 is 49.9 Å². The minimum absolute atomic E-state index is 0.00566. The zero-order valence-corrected chi connectivity index (χ0v) is 41.5. The first kappa shape index (κ1) is 53.9. The van der Waals surface area contributed by atoms with Crippen LogP contribution in [0.15, 0.2) is 59.9 Å². The van der Waals surface area contributed by atoms with Crippen molar-refractivity contribution in [3.05, 3.63) is 92.8 Å². The number of nitrogens with zero attached hydrogens (tertiary/aromatic N) is 2. The van der Waals surface area contributed by atoms with E-state index in [4.69, 9.17) is 11.6 Å². The molecule has 2 amide bonds. The lowest BCUT2D eigenvalue weighted by molar-refractivity contribution is -0.138. The molecule has 14 heteroatoms. The number of Topliss-reactive ketones (excluding diaryl/α,β-unsaturated/α-hetero) is 2. The highest BCUT2D eigenvalue weighted by Crippen LogP contribution is 2.55. The molecule has 2 aromatic carbocycles. The number of rotatable bonds is 14. The van der Waals surface area contributed by atoms with Crippen molar-refractivity contribution in [1.29, 1.82) is 0 Å². The van der Waals surface area contributed by atoms with Crippen molar-refractivity contribution in [2.45, 2.75) is 175 Å². The highest BCUT2D eigenvalue weighted by Gasteiger charge is 2.54. The average Bonchev–Trinajstić information content (AvgIpc) is 3.16. The van der Waals surface area contributed by atoms with E-state index in [-0.39, 0.29) is 104 Å². The normalized spacial score (nSPS) is 23.4. The van der Waals surface area contributed by atoms with Crippen LogP contribution in [0.3, 0.4) is 0 Å². The monoisotopic (exact) mass is 964 g/mol. The lowest BCUT2D eigenvalue weighted by atomic mass is 9.62. The Balaban J connectivity index is 0.000000252. The van der Waals surface area contributed by atoms with E-state index in [1.807, 2.05) is 45.9 Å². The quantitative estimate of drug-likeness (QED) is 0.177. The Morgan fingerprint density at radius 1 is 0.642 bits per heavy atom. The Hall–Kier alpha value is -4.00. The molecule has 67 heavy (non-hydrogen) atoms. The van der Waals surface area contributed by atoms with E-state index < -0.39 is 53.2 Å². The van der Waals surface area contributed by atoms with Gasteiger partial charge in [-0.1, -0.05) is 91.3 Å². The zero-order valence-electron chi connectivity index (χ0n) is 40.7. The number of carbonyl (C=O) groups is 4. The van der Waals surface area contributed by atoms with Crippen LogP contribution in [0.2, 0.25) is 5.02 Å². The third-order valence-electron chi connectivity index (χ3n) is 14.0. The lowest BCUT2D eigenvalue weighted by Gasteiger charge is -2.47. The van der Waals surface area contributed by atoms with Crippen LogP contribution < -0.4 is 0 Å². The van der Waals surface area contributed by atoms with Gasteiger partial charge in [0.25, 0.3) is 0 Å². The summed E-state index contributed by atoms with van der Waals surface area (Å²) < 4.78 is 97.3. The molecule has 2 fully saturated rings. The van der Waals surface area contributed by atoms with Crippen LogP contribution in [0, 0.1) is 22.7 Å². The molecule has 6 nitrogen and oxygen atoms in total.